The van der Waals surface area contributed by atoms with Gasteiger partial charge in [0.2, 0.25) is 5.91 Å². The highest BCUT2D eigenvalue weighted by atomic mass is 32.1. The number of pyridine rings is 1. The van der Waals surface area contributed by atoms with Crippen molar-refractivity contribution >= 4 is 17.2 Å². The molecule has 0 aromatic carbocycles. The monoisotopic (exact) mass is 274 g/mol. The third-order valence-corrected chi connectivity index (χ3v) is 3.64. The van der Waals surface area contributed by atoms with Crippen molar-refractivity contribution in [2.75, 3.05) is 0 Å². The molecule has 4 heteroatoms. The van der Waals surface area contributed by atoms with Gasteiger partial charge in [0.25, 0.3) is 0 Å². The molecule has 0 atom stereocenters. The molecular weight excluding hydrogens is 256 g/mol. The number of hydrogen-bond donors (Lipinski definition) is 1. The number of hydrogen-bond acceptors (Lipinski definition) is 3. The average Bonchev–Trinajstić information content (AvgIpc) is 2.88. The van der Waals surface area contributed by atoms with Gasteiger partial charge >= 0.3 is 0 Å². The fourth-order valence-corrected chi connectivity index (χ4v) is 2.41. The number of nitrogens with one attached hydrogen (secondary N) is 1. The molecule has 0 unspecified atom stereocenters. The lowest BCUT2D eigenvalue weighted by Gasteiger charge is -2.18. The normalized spacial score (nSPS) is 11.3. The minimum Gasteiger partial charge on any atom is -0.351 e. The molecule has 2 aromatic heterocycles. The van der Waals surface area contributed by atoms with E-state index in [0.29, 0.717) is 6.54 Å². The van der Waals surface area contributed by atoms with E-state index in [-0.39, 0.29) is 11.3 Å². The molecule has 0 bridgehead atoms. The molecular formula is C15H18N2OS. The van der Waals surface area contributed by atoms with Crippen molar-refractivity contribution in [3.8, 4) is 10.6 Å². The number of carbonyl (C=O) groups is 1. The second kappa shape index (κ2) is 5.53. The first-order valence-corrected chi connectivity index (χ1v) is 7.12. The van der Waals surface area contributed by atoms with Gasteiger partial charge in [-0.15, -0.1) is 11.3 Å². The highest BCUT2D eigenvalue weighted by molar-refractivity contribution is 7.13. The van der Waals surface area contributed by atoms with E-state index in [1.165, 1.54) is 0 Å². The predicted molar refractivity (Wildman–Crippen MR) is 78.9 cm³/mol. The van der Waals surface area contributed by atoms with E-state index in [0.717, 1.165) is 16.1 Å². The van der Waals surface area contributed by atoms with E-state index in [2.05, 4.69) is 10.3 Å². The summed E-state index contributed by atoms with van der Waals surface area (Å²) < 4.78 is 0. The summed E-state index contributed by atoms with van der Waals surface area (Å²) in [5.41, 5.74) is 1.62. The molecule has 0 radical (unpaired) electrons. The zero-order valence-corrected chi connectivity index (χ0v) is 12.3. The zero-order valence-electron chi connectivity index (χ0n) is 11.4. The van der Waals surface area contributed by atoms with Crippen LogP contribution in [0.4, 0.5) is 0 Å². The number of nitrogens with zero attached hydrogens (tertiary/aromatic N) is 1. The van der Waals surface area contributed by atoms with Crippen molar-refractivity contribution in [1.82, 2.24) is 10.3 Å². The van der Waals surface area contributed by atoms with Crippen LogP contribution in [0.5, 0.6) is 0 Å². The van der Waals surface area contributed by atoms with Crippen molar-refractivity contribution in [3.05, 3.63) is 41.4 Å². The van der Waals surface area contributed by atoms with Crippen molar-refractivity contribution < 1.29 is 4.79 Å². The van der Waals surface area contributed by atoms with Gasteiger partial charge in [-0.25, -0.2) is 0 Å². The smallest absolute Gasteiger partial charge is 0.225 e. The summed E-state index contributed by atoms with van der Waals surface area (Å²) in [7, 11) is 0. The van der Waals surface area contributed by atoms with E-state index in [1.807, 2.05) is 50.4 Å². The molecule has 19 heavy (non-hydrogen) atoms. The molecule has 2 heterocycles. The molecule has 0 saturated carbocycles. The van der Waals surface area contributed by atoms with Crippen molar-refractivity contribution in [2.24, 2.45) is 5.41 Å². The van der Waals surface area contributed by atoms with Crippen LogP contribution in [0.15, 0.2) is 35.8 Å². The number of rotatable bonds is 3. The van der Waals surface area contributed by atoms with Crippen LogP contribution in [0.1, 0.15) is 26.3 Å². The standard InChI is InChI=1S/C15H18N2OS/c1-15(2,3)14(18)17-10-11-6-4-8-16-13(11)12-7-5-9-19-12/h4-9H,10H2,1-3H3,(H,17,18). The van der Waals surface area contributed by atoms with Crippen molar-refractivity contribution in [2.45, 2.75) is 27.3 Å². The van der Waals surface area contributed by atoms with Gasteiger partial charge in [0, 0.05) is 18.2 Å². The van der Waals surface area contributed by atoms with E-state index in [4.69, 9.17) is 0 Å². The van der Waals surface area contributed by atoms with Gasteiger partial charge in [-0.2, -0.15) is 0 Å². The number of thiophene rings is 1. The van der Waals surface area contributed by atoms with Gasteiger partial charge in [0.1, 0.15) is 0 Å². The lowest BCUT2D eigenvalue weighted by atomic mass is 9.95. The molecule has 0 fully saturated rings. The summed E-state index contributed by atoms with van der Waals surface area (Å²) in [6.45, 7) is 6.24. The van der Waals surface area contributed by atoms with Crippen LogP contribution in [-0.4, -0.2) is 10.9 Å². The number of carbonyl (C=O) groups excluding carboxylic acids is 1. The first-order chi connectivity index (χ1) is 8.98. The van der Waals surface area contributed by atoms with E-state index >= 15 is 0 Å². The van der Waals surface area contributed by atoms with Crippen LogP contribution in [0.2, 0.25) is 0 Å². The maximum absolute atomic E-state index is 11.9. The van der Waals surface area contributed by atoms with Crippen LogP contribution in [-0.2, 0) is 11.3 Å². The fourth-order valence-electron chi connectivity index (χ4n) is 1.66. The Kier molecular flexibility index (Phi) is 4.00. The third kappa shape index (κ3) is 3.41. The van der Waals surface area contributed by atoms with Gasteiger partial charge in [-0.3, -0.25) is 9.78 Å². The molecule has 3 nitrogen and oxygen atoms in total. The van der Waals surface area contributed by atoms with Crippen molar-refractivity contribution in [3.63, 3.8) is 0 Å². The molecule has 2 rings (SSSR count). The lowest BCUT2D eigenvalue weighted by Crippen LogP contribution is -2.34. The maximum Gasteiger partial charge on any atom is 0.225 e. The summed E-state index contributed by atoms with van der Waals surface area (Å²) >= 11 is 1.65. The predicted octanol–water partition coefficient (Wildman–Crippen LogP) is 3.47. The van der Waals surface area contributed by atoms with Crippen LogP contribution in [0, 0.1) is 5.41 Å². The van der Waals surface area contributed by atoms with Crippen LogP contribution in [0.25, 0.3) is 10.6 Å². The Morgan fingerprint density at radius 3 is 2.74 bits per heavy atom. The first kappa shape index (κ1) is 13.7. The Morgan fingerprint density at radius 1 is 1.32 bits per heavy atom. The molecule has 0 saturated heterocycles. The Bertz CT molecular complexity index is 556. The van der Waals surface area contributed by atoms with Crippen molar-refractivity contribution in [1.29, 1.82) is 0 Å². The summed E-state index contributed by atoms with van der Waals surface area (Å²) in [6, 6.07) is 7.95. The number of aromatic nitrogens is 1. The molecule has 1 N–H and O–H groups in total. The number of amides is 1. The SMILES string of the molecule is CC(C)(C)C(=O)NCc1cccnc1-c1cccs1. The Labute approximate surface area is 117 Å². The van der Waals surface area contributed by atoms with Gasteiger partial charge in [-0.05, 0) is 23.1 Å². The molecule has 2 aromatic rings. The Balaban J connectivity index is 2.16. The summed E-state index contributed by atoms with van der Waals surface area (Å²) in [5.74, 6) is 0.0495. The lowest BCUT2D eigenvalue weighted by molar-refractivity contribution is -0.128. The molecule has 1 amide bonds. The topological polar surface area (TPSA) is 42.0 Å². The minimum atomic E-state index is -0.370. The summed E-state index contributed by atoms with van der Waals surface area (Å²) in [4.78, 5) is 17.5. The second-order valence-electron chi connectivity index (χ2n) is 5.42. The van der Waals surface area contributed by atoms with Crippen LogP contribution in [0.3, 0.4) is 0 Å². The molecule has 0 aliphatic heterocycles. The highest BCUT2D eigenvalue weighted by Crippen LogP contribution is 2.25. The molecule has 0 aliphatic rings. The quantitative estimate of drug-likeness (QED) is 0.931. The molecule has 0 spiro atoms. The van der Waals surface area contributed by atoms with E-state index < -0.39 is 0 Å². The summed E-state index contributed by atoms with van der Waals surface area (Å²) in [6.07, 6.45) is 1.78. The maximum atomic E-state index is 11.9. The largest absolute Gasteiger partial charge is 0.351 e. The van der Waals surface area contributed by atoms with E-state index in [1.54, 1.807) is 17.5 Å². The minimum absolute atomic E-state index is 0.0495. The van der Waals surface area contributed by atoms with E-state index in [9.17, 15) is 4.79 Å². The second-order valence-corrected chi connectivity index (χ2v) is 6.37. The fraction of sp³-hybridized carbons (Fsp3) is 0.333. The Morgan fingerprint density at radius 2 is 2.11 bits per heavy atom. The molecule has 0 aliphatic carbocycles. The highest BCUT2D eigenvalue weighted by Gasteiger charge is 2.21. The first-order valence-electron chi connectivity index (χ1n) is 6.24. The Hall–Kier alpha value is -1.68. The molecule has 100 valence electrons. The third-order valence-electron chi connectivity index (χ3n) is 2.77. The van der Waals surface area contributed by atoms with Gasteiger partial charge < -0.3 is 5.32 Å². The summed E-state index contributed by atoms with van der Waals surface area (Å²) in [5, 5.41) is 5.00. The average molecular weight is 274 g/mol. The van der Waals surface area contributed by atoms with Crippen LogP contribution < -0.4 is 5.32 Å². The van der Waals surface area contributed by atoms with Crippen LogP contribution >= 0.6 is 11.3 Å². The van der Waals surface area contributed by atoms with Gasteiger partial charge in [0.15, 0.2) is 0 Å². The van der Waals surface area contributed by atoms with Gasteiger partial charge in [-0.1, -0.05) is 32.9 Å². The zero-order chi connectivity index (χ0) is 13.9. The van der Waals surface area contributed by atoms with Gasteiger partial charge in [0.05, 0.1) is 10.6 Å².